The van der Waals surface area contributed by atoms with Crippen molar-refractivity contribution in [3.8, 4) is 0 Å². The van der Waals surface area contributed by atoms with Crippen molar-refractivity contribution in [3.63, 3.8) is 0 Å². The number of nitrogens with one attached hydrogen (secondary N) is 1. The van der Waals surface area contributed by atoms with Gasteiger partial charge in [0, 0.05) is 42.9 Å². The summed E-state index contributed by atoms with van der Waals surface area (Å²) in [5.74, 6) is 2.47. The first-order valence-corrected chi connectivity index (χ1v) is 8.01. The fourth-order valence-electron chi connectivity index (χ4n) is 3.38. The zero-order chi connectivity index (χ0) is 11.9. The van der Waals surface area contributed by atoms with Gasteiger partial charge in [0.25, 0.3) is 0 Å². The molecule has 4 heteroatoms. The van der Waals surface area contributed by atoms with Crippen LogP contribution >= 0.6 is 24.2 Å². The van der Waals surface area contributed by atoms with Gasteiger partial charge in [-0.2, -0.15) is 11.8 Å². The molecule has 1 aromatic heterocycles. The van der Waals surface area contributed by atoms with E-state index in [1.54, 1.807) is 11.3 Å². The Morgan fingerprint density at radius 2 is 2.21 bits per heavy atom. The van der Waals surface area contributed by atoms with Crippen molar-refractivity contribution in [2.75, 3.05) is 12.3 Å². The molecule has 0 aliphatic carbocycles. The number of nitrogens with zero attached hydrogens (tertiary/aromatic N) is 1. The van der Waals surface area contributed by atoms with Crippen molar-refractivity contribution in [1.82, 2.24) is 9.88 Å². The molecule has 0 atom stereocenters. The van der Waals surface area contributed by atoms with Crippen LogP contribution in [0.3, 0.4) is 0 Å². The van der Waals surface area contributed by atoms with Crippen molar-refractivity contribution in [1.29, 1.82) is 0 Å². The molecular formula is C15H19ClN2S. The van der Waals surface area contributed by atoms with E-state index < -0.39 is 0 Å². The molecule has 3 heterocycles. The molecule has 2 aliphatic heterocycles. The lowest BCUT2D eigenvalue weighted by atomic mass is 10.0. The molecule has 1 aromatic carbocycles. The van der Waals surface area contributed by atoms with Crippen LogP contribution in [-0.4, -0.2) is 16.9 Å². The lowest BCUT2D eigenvalue weighted by molar-refractivity contribution is 0.590. The summed E-state index contributed by atoms with van der Waals surface area (Å²) in [6.45, 7) is 3.39. The van der Waals surface area contributed by atoms with E-state index in [-0.39, 0.29) is 12.4 Å². The van der Waals surface area contributed by atoms with E-state index in [2.05, 4.69) is 39.8 Å². The van der Waals surface area contributed by atoms with Crippen LogP contribution in [0.15, 0.2) is 18.2 Å². The van der Waals surface area contributed by atoms with Crippen molar-refractivity contribution in [3.05, 3.63) is 35.0 Å². The lowest BCUT2D eigenvalue weighted by Crippen LogP contribution is -2.24. The molecule has 2 aromatic rings. The lowest BCUT2D eigenvalue weighted by Gasteiger charge is -2.18. The van der Waals surface area contributed by atoms with Crippen LogP contribution in [0, 0.1) is 0 Å². The number of thioether (sulfide) groups is 1. The summed E-state index contributed by atoms with van der Waals surface area (Å²) in [4.78, 5) is 0. The Morgan fingerprint density at radius 3 is 3.16 bits per heavy atom. The molecule has 102 valence electrons. The summed E-state index contributed by atoms with van der Waals surface area (Å²) in [6.07, 6.45) is 2.50. The Labute approximate surface area is 124 Å². The standard InChI is InChI=1S/C15H18N2S.ClH/c1-3-11-10-18-8-2-7-17-14-5-6-16-9-13(14)12(4-1)15(11)17;/h1,3-4,16H,2,5-10H2;1H. The highest BCUT2D eigenvalue weighted by atomic mass is 35.5. The van der Waals surface area contributed by atoms with Crippen LogP contribution in [0.1, 0.15) is 23.2 Å². The maximum absolute atomic E-state index is 3.52. The molecular weight excluding hydrogens is 276 g/mol. The van der Waals surface area contributed by atoms with Crippen LogP contribution in [0.25, 0.3) is 10.9 Å². The number of para-hydroxylation sites is 1. The molecule has 1 N–H and O–H groups in total. The van der Waals surface area contributed by atoms with Gasteiger partial charge in [-0.15, -0.1) is 12.4 Å². The number of fused-ring (bicyclic) bond motifs is 3. The number of halogens is 1. The highest BCUT2D eigenvalue weighted by molar-refractivity contribution is 7.98. The van der Waals surface area contributed by atoms with Crippen molar-refractivity contribution < 1.29 is 0 Å². The van der Waals surface area contributed by atoms with Crippen LogP contribution in [0.2, 0.25) is 0 Å². The van der Waals surface area contributed by atoms with Gasteiger partial charge in [0.1, 0.15) is 0 Å². The normalized spacial score (nSPS) is 18.3. The fraction of sp³-hybridized carbons (Fsp3) is 0.467. The molecule has 19 heavy (non-hydrogen) atoms. The van der Waals surface area contributed by atoms with E-state index in [1.807, 2.05) is 0 Å². The predicted molar refractivity (Wildman–Crippen MR) is 85.4 cm³/mol. The molecule has 2 aliphatic rings. The van der Waals surface area contributed by atoms with Crippen LogP contribution in [0.4, 0.5) is 0 Å². The molecule has 0 saturated carbocycles. The summed E-state index contributed by atoms with van der Waals surface area (Å²) < 4.78 is 2.63. The highest BCUT2D eigenvalue weighted by Crippen LogP contribution is 2.34. The molecule has 0 amide bonds. The molecule has 0 spiro atoms. The fourth-order valence-corrected chi connectivity index (χ4v) is 4.31. The number of aromatic nitrogens is 1. The van der Waals surface area contributed by atoms with E-state index in [0.717, 1.165) is 13.1 Å². The average molecular weight is 295 g/mol. The van der Waals surface area contributed by atoms with Gasteiger partial charge in [0.2, 0.25) is 0 Å². The van der Waals surface area contributed by atoms with E-state index >= 15 is 0 Å². The number of aryl methyl sites for hydroxylation is 1. The first kappa shape index (κ1) is 13.3. The zero-order valence-corrected chi connectivity index (χ0v) is 12.6. The van der Waals surface area contributed by atoms with Gasteiger partial charge in [0.05, 0.1) is 5.52 Å². The van der Waals surface area contributed by atoms with Gasteiger partial charge < -0.3 is 9.88 Å². The molecule has 2 nitrogen and oxygen atoms in total. The minimum atomic E-state index is 0. The number of rotatable bonds is 0. The van der Waals surface area contributed by atoms with E-state index in [9.17, 15) is 0 Å². The van der Waals surface area contributed by atoms with E-state index in [4.69, 9.17) is 0 Å². The van der Waals surface area contributed by atoms with Gasteiger partial charge in [0.15, 0.2) is 0 Å². The molecule has 0 radical (unpaired) electrons. The van der Waals surface area contributed by atoms with Gasteiger partial charge in [-0.25, -0.2) is 0 Å². The number of benzene rings is 1. The average Bonchev–Trinajstić information content (AvgIpc) is 2.70. The van der Waals surface area contributed by atoms with E-state index in [0.29, 0.717) is 0 Å². The first-order valence-electron chi connectivity index (χ1n) is 6.85. The second kappa shape index (κ2) is 5.39. The number of hydrogen-bond donors (Lipinski definition) is 1. The van der Waals surface area contributed by atoms with Gasteiger partial charge in [-0.1, -0.05) is 18.2 Å². The Bertz CT molecular complexity index is 606. The minimum Gasteiger partial charge on any atom is -0.344 e. The third-order valence-electron chi connectivity index (χ3n) is 4.16. The second-order valence-corrected chi connectivity index (χ2v) is 6.33. The minimum absolute atomic E-state index is 0. The summed E-state index contributed by atoms with van der Waals surface area (Å²) >= 11 is 2.08. The van der Waals surface area contributed by atoms with E-state index in [1.165, 1.54) is 47.4 Å². The quantitative estimate of drug-likeness (QED) is 0.802. The highest BCUT2D eigenvalue weighted by Gasteiger charge is 2.21. The summed E-state index contributed by atoms with van der Waals surface area (Å²) in [5.41, 5.74) is 6.22. The SMILES string of the molecule is Cl.c1cc2c3c(c1)c1c(n3CCCSC2)CCNC1. The van der Waals surface area contributed by atoms with Gasteiger partial charge >= 0.3 is 0 Å². The third kappa shape index (κ3) is 2.08. The zero-order valence-electron chi connectivity index (χ0n) is 10.9. The largest absolute Gasteiger partial charge is 0.344 e. The predicted octanol–water partition coefficient (Wildman–Crippen LogP) is 3.35. The molecule has 0 bridgehead atoms. The molecule has 4 rings (SSSR count). The maximum Gasteiger partial charge on any atom is 0.0526 e. The summed E-state index contributed by atoms with van der Waals surface area (Å²) in [7, 11) is 0. The smallest absolute Gasteiger partial charge is 0.0526 e. The third-order valence-corrected chi connectivity index (χ3v) is 5.25. The molecule has 0 unspecified atom stereocenters. The number of hydrogen-bond acceptors (Lipinski definition) is 2. The van der Waals surface area contributed by atoms with Crippen molar-refractivity contribution in [2.45, 2.75) is 31.7 Å². The van der Waals surface area contributed by atoms with Gasteiger partial charge in [-0.05, 0) is 23.3 Å². The topological polar surface area (TPSA) is 17.0 Å². The Hall–Kier alpha value is -0.640. The maximum atomic E-state index is 3.52. The first-order chi connectivity index (χ1) is 8.95. The van der Waals surface area contributed by atoms with Crippen molar-refractivity contribution in [2.24, 2.45) is 0 Å². The van der Waals surface area contributed by atoms with Crippen molar-refractivity contribution >= 4 is 35.1 Å². The second-order valence-electron chi connectivity index (χ2n) is 5.22. The monoisotopic (exact) mass is 294 g/mol. The Balaban J connectivity index is 0.00000110. The Kier molecular flexibility index (Phi) is 3.79. The van der Waals surface area contributed by atoms with Crippen LogP contribution in [-0.2, 0) is 25.3 Å². The van der Waals surface area contributed by atoms with Crippen LogP contribution in [0.5, 0.6) is 0 Å². The molecule has 0 saturated heterocycles. The van der Waals surface area contributed by atoms with Gasteiger partial charge in [-0.3, -0.25) is 0 Å². The summed E-state index contributed by atoms with van der Waals surface area (Å²) in [6, 6.07) is 6.86. The molecule has 0 fully saturated rings. The van der Waals surface area contributed by atoms with Crippen LogP contribution < -0.4 is 5.32 Å². The summed E-state index contributed by atoms with van der Waals surface area (Å²) in [5, 5.41) is 5.02. The Morgan fingerprint density at radius 1 is 1.26 bits per heavy atom.